The molecule has 68 heavy (non-hydrogen) atoms. The molecule has 13 aromatic rings. The van der Waals surface area contributed by atoms with Crippen LogP contribution >= 0.6 is 0 Å². The molecule has 0 fully saturated rings. The molecule has 0 N–H and O–H groups in total. The minimum absolute atomic E-state index is 0.560. The maximum atomic E-state index is 6.43. The predicted octanol–water partition coefficient (Wildman–Crippen LogP) is 16.4. The van der Waals surface area contributed by atoms with E-state index in [2.05, 4.69) is 182 Å². The predicted molar refractivity (Wildman–Crippen MR) is 276 cm³/mol. The molecular weight excluding hydrogens is 833 g/mol. The summed E-state index contributed by atoms with van der Waals surface area (Å²) in [6, 6.07) is 79.6. The number of benzene rings is 9. The number of fused-ring (bicyclic) bond motifs is 6. The third kappa shape index (κ3) is 7.00. The van der Waals surface area contributed by atoms with Crippen LogP contribution in [0, 0.1) is 0 Å². The SMILES string of the molecule is c1ccc(-c2cccc(-c3nc(-c4ccc(-c5cccc(-c6cccc(-c7nc(-c8cccc(-c9ccccc9)c8)c8c(n7)oc7ccccc78)c6)c5)cc4)c4c(n3)oc3ccccc34)c2)cc1. The van der Waals surface area contributed by atoms with Gasteiger partial charge >= 0.3 is 0 Å². The first-order valence-corrected chi connectivity index (χ1v) is 22.7. The van der Waals surface area contributed by atoms with Gasteiger partial charge < -0.3 is 8.83 Å². The molecule has 0 aliphatic heterocycles. The van der Waals surface area contributed by atoms with E-state index in [-0.39, 0.29) is 0 Å². The number of hydrogen-bond donors (Lipinski definition) is 0. The van der Waals surface area contributed by atoms with Crippen molar-refractivity contribution in [1.82, 2.24) is 19.9 Å². The van der Waals surface area contributed by atoms with E-state index in [1.54, 1.807) is 0 Å². The zero-order valence-corrected chi connectivity index (χ0v) is 36.5. The Balaban J connectivity index is 0.858. The van der Waals surface area contributed by atoms with Gasteiger partial charge in [-0.2, -0.15) is 9.97 Å². The summed E-state index contributed by atoms with van der Waals surface area (Å²) in [6.45, 7) is 0. The van der Waals surface area contributed by atoms with Gasteiger partial charge in [-0.15, -0.1) is 0 Å². The van der Waals surface area contributed by atoms with Gasteiger partial charge in [0, 0.05) is 33.0 Å². The van der Waals surface area contributed by atoms with Crippen molar-refractivity contribution in [3.8, 4) is 89.8 Å². The highest BCUT2D eigenvalue weighted by Gasteiger charge is 2.21. The number of aromatic nitrogens is 4. The molecule has 4 heterocycles. The lowest BCUT2D eigenvalue weighted by atomic mass is 9.96. The molecule has 0 unspecified atom stereocenters. The van der Waals surface area contributed by atoms with Crippen molar-refractivity contribution < 1.29 is 8.83 Å². The maximum Gasteiger partial charge on any atom is 0.231 e. The summed E-state index contributed by atoms with van der Waals surface area (Å²) in [7, 11) is 0. The molecule has 6 heteroatoms. The minimum atomic E-state index is 0.560. The summed E-state index contributed by atoms with van der Waals surface area (Å²) in [5.41, 5.74) is 17.0. The highest BCUT2D eigenvalue weighted by atomic mass is 16.3. The molecular formula is C62H38N4O2. The van der Waals surface area contributed by atoms with E-state index in [0.29, 0.717) is 23.1 Å². The van der Waals surface area contributed by atoms with Crippen molar-refractivity contribution in [3.63, 3.8) is 0 Å². The molecule has 6 nitrogen and oxygen atoms in total. The second-order valence-corrected chi connectivity index (χ2v) is 17.0. The van der Waals surface area contributed by atoms with Crippen LogP contribution in [0.2, 0.25) is 0 Å². The van der Waals surface area contributed by atoms with Crippen LogP contribution in [0.1, 0.15) is 0 Å². The Morgan fingerprint density at radius 2 is 0.559 bits per heavy atom. The first-order valence-electron chi connectivity index (χ1n) is 22.7. The molecule has 4 aromatic heterocycles. The summed E-state index contributed by atoms with van der Waals surface area (Å²) in [5, 5.41) is 3.77. The average molecular weight is 871 g/mol. The number of nitrogens with zero attached hydrogens (tertiary/aromatic N) is 4. The number of rotatable bonds is 8. The third-order valence-corrected chi connectivity index (χ3v) is 12.8. The van der Waals surface area contributed by atoms with Gasteiger partial charge in [-0.25, -0.2) is 9.97 Å². The van der Waals surface area contributed by atoms with Crippen LogP contribution in [0.25, 0.3) is 134 Å². The summed E-state index contributed by atoms with van der Waals surface area (Å²) in [5.74, 6) is 1.21. The standard InChI is InChI=1S/C62H38N4O2/c1-3-15-39(16-4-1)44-20-12-24-48(36-44)58-56-52-28-8-10-30-54(52)68-62(56)66-60(64-58)50-26-14-23-47(38-50)46-22-11-19-43(35-46)41-31-33-42(34-32-41)57-55-51-27-7-9-29-53(51)67-61(55)65-59(63-57)49-25-13-21-45(37-49)40-17-5-2-6-18-40/h1-38H. The largest absolute Gasteiger partial charge is 0.438 e. The van der Waals surface area contributed by atoms with E-state index in [9.17, 15) is 0 Å². The molecule has 318 valence electrons. The van der Waals surface area contributed by atoms with E-state index in [1.807, 2.05) is 48.5 Å². The summed E-state index contributed by atoms with van der Waals surface area (Å²) < 4.78 is 12.8. The zero-order chi connectivity index (χ0) is 45.0. The van der Waals surface area contributed by atoms with Gasteiger partial charge in [-0.05, 0) is 80.9 Å². The second-order valence-electron chi connectivity index (χ2n) is 17.0. The fourth-order valence-electron chi connectivity index (χ4n) is 9.40. The van der Waals surface area contributed by atoms with Gasteiger partial charge in [-0.1, -0.05) is 194 Å². The second kappa shape index (κ2) is 16.3. The van der Waals surface area contributed by atoms with Crippen molar-refractivity contribution in [3.05, 3.63) is 231 Å². The molecule has 0 aliphatic rings. The Morgan fingerprint density at radius 3 is 1.04 bits per heavy atom. The third-order valence-electron chi connectivity index (χ3n) is 12.8. The van der Waals surface area contributed by atoms with Gasteiger partial charge in [0.1, 0.15) is 11.2 Å². The summed E-state index contributed by atoms with van der Waals surface area (Å²) >= 11 is 0. The van der Waals surface area contributed by atoms with Crippen LogP contribution < -0.4 is 0 Å². The quantitative estimate of drug-likeness (QED) is 0.151. The molecule has 0 saturated heterocycles. The van der Waals surface area contributed by atoms with Crippen molar-refractivity contribution in [1.29, 1.82) is 0 Å². The van der Waals surface area contributed by atoms with Crippen LogP contribution in [0.3, 0.4) is 0 Å². The molecule has 0 saturated carbocycles. The first kappa shape index (κ1) is 39.1. The van der Waals surface area contributed by atoms with Crippen molar-refractivity contribution in [2.24, 2.45) is 0 Å². The topological polar surface area (TPSA) is 77.8 Å². The van der Waals surface area contributed by atoms with Crippen molar-refractivity contribution in [2.75, 3.05) is 0 Å². The van der Waals surface area contributed by atoms with Crippen LogP contribution in [-0.2, 0) is 0 Å². The Bertz CT molecular complexity index is 4030. The number of furan rings is 2. The summed E-state index contributed by atoms with van der Waals surface area (Å²) in [6.07, 6.45) is 0. The van der Waals surface area contributed by atoms with E-state index in [0.717, 1.165) is 111 Å². The van der Waals surface area contributed by atoms with Gasteiger partial charge in [0.15, 0.2) is 11.6 Å². The molecule has 0 aliphatic carbocycles. The van der Waals surface area contributed by atoms with Crippen molar-refractivity contribution in [2.45, 2.75) is 0 Å². The Morgan fingerprint density at radius 1 is 0.235 bits per heavy atom. The van der Waals surface area contributed by atoms with Crippen LogP contribution in [0.5, 0.6) is 0 Å². The molecule has 0 amide bonds. The monoisotopic (exact) mass is 870 g/mol. The van der Waals surface area contributed by atoms with E-state index in [4.69, 9.17) is 28.8 Å². The maximum absolute atomic E-state index is 6.43. The fourth-order valence-corrected chi connectivity index (χ4v) is 9.40. The van der Waals surface area contributed by atoms with Crippen LogP contribution in [-0.4, -0.2) is 19.9 Å². The Labute approximate surface area is 391 Å². The smallest absolute Gasteiger partial charge is 0.231 e. The zero-order valence-electron chi connectivity index (χ0n) is 36.5. The molecule has 0 spiro atoms. The lowest BCUT2D eigenvalue weighted by Crippen LogP contribution is -1.95. The van der Waals surface area contributed by atoms with E-state index >= 15 is 0 Å². The highest BCUT2D eigenvalue weighted by Crippen LogP contribution is 2.40. The first-order chi connectivity index (χ1) is 33.7. The molecule has 9 aromatic carbocycles. The van der Waals surface area contributed by atoms with Gasteiger partial charge in [0.2, 0.25) is 11.4 Å². The van der Waals surface area contributed by atoms with E-state index in [1.165, 1.54) is 0 Å². The molecule has 0 bridgehead atoms. The van der Waals surface area contributed by atoms with Gasteiger partial charge in [-0.3, -0.25) is 0 Å². The normalized spacial score (nSPS) is 11.5. The van der Waals surface area contributed by atoms with Gasteiger partial charge in [0.05, 0.1) is 22.2 Å². The lowest BCUT2D eigenvalue weighted by molar-refractivity contribution is 0.653. The highest BCUT2D eigenvalue weighted by molar-refractivity contribution is 6.12. The fraction of sp³-hybridized carbons (Fsp3) is 0. The minimum Gasteiger partial charge on any atom is -0.438 e. The Hall–Kier alpha value is -9.26. The molecule has 13 rings (SSSR count). The molecule has 0 radical (unpaired) electrons. The van der Waals surface area contributed by atoms with Crippen molar-refractivity contribution >= 4 is 44.1 Å². The lowest BCUT2D eigenvalue weighted by Gasteiger charge is -2.11. The van der Waals surface area contributed by atoms with Gasteiger partial charge in [0.25, 0.3) is 0 Å². The average Bonchev–Trinajstić information content (AvgIpc) is 4.00. The Kier molecular flexibility index (Phi) is 9.39. The number of hydrogen-bond acceptors (Lipinski definition) is 6. The number of para-hydroxylation sites is 2. The van der Waals surface area contributed by atoms with E-state index < -0.39 is 0 Å². The van der Waals surface area contributed by atoms with Crippen LogP contribution in [0.4, 0.5) is 0 Å². The van der Waals surface area contributed by atoms with Crippen LogP contribution in [0.15, 0.2) is 239 Å². The summed E-state index contributed by atoms with van der Waals surface area (Å²) in [4.78, 5) is 20.6. The molecule has 0 atom stereocenters.